The summed E-state index contributed by atoms with van der Waals surface area (Å²) in [4.78, 5) is 11.7. The van der Waals surface area contributed by atoms with E-state index in [1.807, 2.05) is 0 Å². The Morgan fingerprint density at radius 1 is 1.13 bits per heavy atom. The van der Waals surface area contributed by atoms with Gasteiger partial charge in [-0.1, -0.05) is 34.0 Å². The van der Waals surface area contributed by atoms with Crippen LogP contribution in [0.5, 0.6) is 0 Å². The fourth-order valence-corrected chi connectivity index (χ4v) is 3.99. The molecule has 0 saturated carbocycles. The molecule has 0 N–H and O–H groups in total. The summed E-state index contributed by atoms with van der Waals surface area (Å²) in [6.45, 7) is 2.89. The molecule has 3 rings (SSSR count). The molecule has 23 heavy (non-hydrogen) atoms. The lowest BCUT2D eigenvalue weighted by Crippen LogP contribution is -2.25. The summed E-state index contributed by atoms with van der Waals surface area (Å²) < 4.78 is 35.5. The first-order chi connectivity index (χ1) is 10.8. The molecule has 0 spiro atoms. The lowest BCUT2D eigenvalue weighted by Gasteiger charge is -2.06. The molecule has 0 atom stereocenters. The smallest absolute Gasteiger partial charge is 0.360 e. The van der Waals surface area contributed by atoms with Crippen molar-refractivity contribution in [3.8, 4) is 11.4 Å². The van der Waals surface area contributed by atoms with Gasteiger partial charge in [0.15, 0.2) is 10.7 Å². The van der Waals surface area contributed by atoms with Crippen LogP contribution in [0, 0.1) is 13.8 Å². The zero-order valence-electron chi connectivity index (χ0n) is 12.0. The van der Waals surface area contributed by atoms with Crippen LogP contribution in [-0.4, -0.2) is 22.7 Å². The minimum Gasteiger partial charge on any atom is -0.360 e. The Balaban J connectivity index is 2.33. The second-order valence-electron chi connectivity index (χ2n) is 4.67. The van der Waals surface area contributed by atoms with Gasteiger partial charge < -0.3 is 4.52 Å². The third kappa shape index (κ3) is 2.37. The molecular weight excluding hydrogens is 346 g/mol. The summed E-state index contributed by atoms with van der Waals surface area (Å²) in [5, 5.41) is 7.36. The number of aromatic nitrogens is 3. The Kier molecular flexibility index (Phi) is 3.61. The summed E-state index contributed by atoms with van der Waals surface area (Å²) >= 11 is 6.05. The summed E-state index contributed by atoms with van der Waals surface area (Å²) in [5.41, 5.74) is 0.371. The topological polar surface area (TPSA) is 108 Å². The van der Waals surface area contributed by atoms with Crippen molar-refractivity contribution in [3.63, 3.8) is 0 Å². The molecule has 2 aromatic heterocycles. The number of hydrogen-bond acceptors (Lipinski definition) is 7. The van der Waals surface area contributed by atoms with E-state index in [-0.39, 0.29) is 32.8 Å². The monoisotopic (exact) mass is 355 g/mol. The molecule has 0 radical (unpaired) electrons. The lowest BCUT2D eigenvalue weighted by molar-refractivity contribution is 0.384. The third-order valence-corrected chi connectivity index (χ3v) is 5.38. The van der Waals surface area contributed by atoms with Crippen LogP contribution >= 0.6 is 11.6 Å². The predicted molar refractivity (Wildman–Crippen MR) is 79.8 cm³/mol. The van der Waals surface area contributed by atoms with E-state index in [1.54, 1.807) is 18.2 Å². The summed E-state index contributed by atoms with van der Waals surface area (Å²) in [6, 6.07) is 6.37. The highest BCUT2D eigenvalue weighted by atomic mass is 35.5. The van der Waals surface area contributed by atoms with E-state index in [2.05, 4.69) is 14.8 Å². The van der Waals surface area contributed by atoms with Gasteiger partial charge in [-0.05, 0) is 26.0 Å². The first-order valence-electron chi connectivity index (χ1n) is 6.36. The standard InChI is InChI=1S/C13H10ClN3O5S/c1-7-11(8(2)21-15-7)23(19,20)17-12(16-22-13(17)18)9-5-3-4-6-10(9)14/h3-6H,1-2H3. The van der Waals surface area contributed by atoms with Gasteiger partial charge in [-0.3, -0.25) is 4.52 Å². The van der Waals surface area contributed by atoms with Crippen molar-refractivity contribution < 1.29 is 17.5 Å². The summed E-state index contributed by atoms with van der Waals surface area (Å²) in [5.74, 6) is -1.32. The van der Waals surface area contributed by atoms with Gasteiger partial charge >= 0.3 is 5.76 Å². The average molecular weight is 356 g/mol. The molecule has 8 nitrogen and oxygen atoms in total. The fraction of sp³-hybridized carbons (Fsp3) is 0.154. The molecule has 0 fully saturated rings. The van der Waals surface area contributed by atoms with Crippen LogP contribution in [0.15, 0.2) is 43.0 Å². The van der Waals surface area contributed by atoms with E-state index in [0.29, 0.717) is 3.97 Å². The van der Waals surface area contributed by atoms with Crippen LogP contribution in [0.4, 0.5) is 0 Å². The van der Waals surface area contributed by atoms with Crippen LogP contribution in [-0.2, 0) is 10.0 Å². The average Bonchev–Trinajstić information content (AvgIpc) is 3.03. The molecule has 0 bridgehead atoms. The maximum atomic E-state index is 12.8. The van der Waals surface area contributed by atoms with Crippen molar-refractivity contribution in [1.29, 1.82) is 0 Å². The molecular formula is C13H10ClN3O5S. The lowest BCUT2D eigenvalue weighted by atomic mass is 10.2. The Morgan fingerprint density at radius 3 is 2.43 bits per heavy atom. The van der Waals surface area contributed by atoms with E-state index >= 15 is 0 Å². The Labute approximate surface area is 135 Å². The molecule has 1 aromatic carbocycles. The van der Waals surface area contributed by atoms with E-state index in [0.717, 1.165) is 0 Å². The van der Waals surface area contributed by atoms with E-state index in [9.17, 15) is 13.2 Å². The predicted octanol–water partition coefficient (Wildman–Crippen LogP) is 2.00. The van der Waals surface area contributed by atoms with Crippen molar-refractivity contribution >= 4 is 21.6 Å². The van der Waals surface area contributed by atoms with Crippen LogP contribution in [0.2, 0.25) is 5.02 Å². The van der Waals surface area contributed by atoms with E-state index < -0.39 is 15.8 Å². The van der Waals surface area contributed by atoms with Crippen molar-refractivity contribution in [2.75, 3.05) is 0 Å². The first kappa shape index (κ1) is 15.5. The second kappa shape index (κ2) is 5.36. The maximum absolute atomic E-state index is 12.8. The molecule has 3 aromatic rings. The van der Waals surface area contributed by atoms with Crippen LogP contribution in [0.25, 0.3) is 11.4 Å². The van der Waals surface area contributed by atoms with Gasteiger partial charge in [0.05, 0.1) is 5.02 Å². The van der Waals surface area contributed by atoms with Gasteiger partial charge in [0, 0.05) is 5.56 Å². The molecule has 120 valence electrons. The second-order valence-corrected chi connectivity index (χ2v) is 6.81. The fourth-order valence-electron chi connectivity index (χ4n) is 2.19. The Morgan fingerprint density at radius 2 is 1.83 bits per heavy atom. The highest BCUT2D eigenvalue weighted by Crippen LogP contribution is 2.29. The van der Waals surface area contributed by atoms with Gasteiger partial charge in [-0.15, -0.1) is 3.97 Å². The number of hydrogen-bond donors (Lipinski definition) is 0. The molecule has 10 heteroatoms. The molecule has 0 aliphatic heterocycles. The SMILES string of the molecule is Cc1noc(C)c1S(=O)(=O)n1c(-c2ccccc2Cl)noc1=O. The van der Waals surface area contributed by atoms with Crippen LogP contribution in [0.3, 0.4) is 0 Å². The summed E-state index contributed by atoms with van der Waals surface area (Å²) in [6.07, 6.45) is 0. The zero-order valence-corrected chi connectivity index (χ0v) is 13.6. The number of nitrogens with zero attached hydrogens (tertiary/aromatic N) is 3. The highest BCUT2D eigenvalue weighted by Gasteiger charge is 2.32. The molecule has 2 heterocycles. The number of halogens is 1. The van der Waals surface area contributed by atoms with Gasteiger partial charge in [0.25, 0.3) is 10.0 Å². The minimum atomic E-state index is -4.31. The first-order valence-corrected chi connectivity index (χ1v) is 8.18. The van der Waals surface area contributed by atoms with Crippen LogP contribution < -0.4 is 5.76 Å². The van der Waals surface area contributed by atoms with Crippen molar-refractivity contribution in [1.82, 2.24) is 14.3 Å². The molecule has 0 aliphatic rings. The maximum Gasteiger partial charge on any atom is 0.456 e. The summed E-state index contributed by atoms with van der Waals surface area (Å²) in [7, 11) is -4.31. The Hall–Kier alpha value is -2.39. The molecule has 0 aliphatic carbocycles. The van der Waals surface area contributed by atoms with Gasteiger partial charge in [-0.2, -0.15) is 0 Å². The quantitative estimate of drug-likeness (QED) is 0.706. The number of benzene rings is 1. The molecule has 0 saturated heterocycles. The van der Waals surface area contributed by atoms with Gasteiger partial charge in [-0.25, -0.2) is 13.2 Å². The zero-order chi connectivity index (χ0) is 16.8. The van der Waals surface area contributed by atoms with Crippen molar-refractivity contribution in [2.45, 2.75) is 18.7 Å². The van der Waals surface area contributed by atoms with Crippen LogP contribution in [0.1, 0.15) is 11.5 Å². The van der Waals surface area contributed by atoms with Crippen molar-refractivity contribution in [2.24, 2.45) is 0 Å². The molecule has 0 unspecified atom stereocenters. The van der Waals surface area contributed by atoms with Gasteiger partial charge in [0.2, 0.25) is 5.82 Å². The third-order valence-electron chi connectivity index (χ3n) is 3.15. The highest BCUT2D eigenvalue weighted by molar-refractivity contribution is 7.90. The largest absolute Gasteiger partial charge is 0.456 e. The normalized spacial score (nSPS) is 11.8. The number of rotatable bonds is 3. The Bertz CT molecular complexity index is 1030. The van der Waals surface area contributed by atoms with Crippen molar-refractivity contribution in [3.05, 3.63) is 51.3 Å². The number of aryl methyl sites for hydroxylation is 2. The molecule has 0 amide bonds. The van der Waals surface area contributed by atoms with E-state index in [1.165, 1.54) is 19.9 Å². The van der Waals surface area contributed by atoms with E-state index in [4.69, 9.17) is 16.1 Å². The minimum absolute atomic E-state index is 0.0562. The van der Waals surface area contributed by atoms with Gasteiger partial charge in [0.1, 0.15) is 5.69 Å².